The highest BCUT2D eigenvalue weighted by molar-refractivity contribution is 6.04. The lowest BCUT2D eigenvalue weighted by Crippen LogP contribution is -2.36. The van der Waals surface area contributed by atoms with Crippen LogP contribution in [0.15, 0.2) is 47.3 Å². The van der Waals surface area contributed by atoms with Crippen LogP contribution in [0.2, 0.25) is 0 Å². The van der Waals surface area contributed by atoms with Gasteiger partial charge in [0.1, 0.15) is 5.82 Å². The zero-order valence-electron chi connectivity index (χ0n) is 16.0. The highest BCUT2D eigenvalue weighted by Gasteiger charge is 2.18. The number of aryl methyl sites for hydroxylation is 1. The van der Waals surface area contributed by atoms with Crippen molar-refractivity contribution < 1.29 is 13.9 Å². The molecule has 1 aliphatic heterocycles. The number of nitrogens with zero attached hydrogens (tertiary/aromatic N) is 3. The molecule has 0 bridgehead atoms. The number of carbonyl (C=O) groups is 1. The molecule has 4 rings (SSSR count). The number of fused-ring (bicyclic) bond motifs is 1. The number of amides is 1. The lowest BCUT2D eigenvalue weighted by Gasteiger charge is -2.28. The van der Waals surface area contributed by atoms with E-state index in [-0.39, 0.29) is 11.1 Å². The summed E-state index contributed by atoms with van der Waals surface area (Å²) in [6.45, 7) is 5.30. The van der Waals surface area contributed by atoms with Gasteiger partial charge in [-0.05, 0) is 49.4 Å². The monoisotopic (exact) mass is 396 g/mol. The Balaban J connectivity index is 1.60. The molecular formula is C21H21FN4O3. The Labute approximate surface area is 166 Å². The van der Waals surface area contributed by atoms with Gasteiger partial charge in [-0.1, -0.05) is 0 Å². The van der Waals surface area contributed by atoms with Crippen molar-refractivity contribution in [1.29, 1.82) is 0 Å². The Bertz CT molecular complexity index is 1110. The van der Waals surface area contributed by atoms with Crippen molar-refractivity contribution in [1.82, 2.24) is 9.78 Å². The second-order valence-corrected chi connectivity index (χ2v) is 6.76. The third-order valence-corrected chi connectivity index (χ3v) is 4.93. The molecule has 2 aromatic carbocycles. The number of rotatable bonds is 4. The van der Waals surface area contributed by atoms with Gasteiger partial charge < -0.3 is 15.0 Å². The van der Waals surface area contributed by atoms with E-state index < -0.39 is 17.2 Å². The molecule has 3 aromatic rings. The van der Waals surface area contributed by atoms with Gasteiger partial charge in [-0.25, -0.2) is 4.39 Å². The van der Waals surface area contributed by atoms with Crippen LogP contribution in [0.4, 0.5) is 15.8 Å². The predicted molar refractivity (Wildman–Crippen MR) is 109 cm³/mol. The summed E-state index contributed by atoms with van der Waals surface area (Å²) in [5.41, 5.74) is 1.23. The summed E-state index contributed by atoms with van der Waals surface area (Å²) in [6, 6.07) is 11.3. The Hall–Kier alpha value is -3.26. The van der Waals surface area contributed by atoms with Gasteiger partial charge in [0, 0.05) is 31.0 Å². The molecule has 0 spiro atoms. The van der Waals surface area contributed by atoms with Gasteiger partial charge >= 0.3 is 0 Å². The first-order chi connectivity index (χ1) is 14.1. The molecule has 2 heterocycles. The van der Waals surface area contributed by atoms with Crippen molar-refractivity contribution >= 4 is 28.2 Å². The minimum absolute atomic E-state index is 0.134. The standard InChI is InChI=1S/C21H21FN4O3/c1-2-26-18-8-3-14(22)13-17(18)20(27)19(24-26)21(28)23-15-4-6-16(7-5-15)25-9-11-29-12-10-25/h3-8,13H,2,9-12H2,1H3,(H,23,28). The first-order valence-electron chi connectivity index (χ1n) is 9.51. The largest absolute Gasteiger partial charge is 0.378 e. The van der Waals surface area contributed by atoms with Crippen LogP contribution in [0.1, 0.15) is 17.4 Å². The molecule has 150 valence electrons. The van der Waals surface area contributed by atoms with Crippen LogP contribution in [-0.4, -0.2) is 42.0 Å². The number of morpholine rings is 1. The molecule has 1 saturated heterocycles. The number of halogens is 1. The van der Waals surface area contributed by atoms with E-state index in [1.807, 2.05) is 19.1 Å². The Kier molecular flexibility index (Phi) is 5.26. The van der Waals surface area contributed by atoms with Crippen LogP contribution in [0, 0.1) is 5.82 Å². The molecular weight excluding hydrogens is 375 g/mol. The van der Waals surface area contributed by atoms with Gasteiger partial charge in [0.05, 0.1) is 24.1 Å². The van der Waals surface area contributed by atoms with Gasteiger partial charge in [0.15, 0.2) is 5.69 Å². The number of carbonyl (C=O) groups excluding carboxylic acids is 1. The van der Waals surface area contributed by atoms with Gasteiger partial charge in [-0.3, -0.25) is 14.3 Å². The first-order valence-corrected chi connectivity index (χ1v) is 9.51. The normalized spacial score (nSPS) is 14.2. The molecule has 0 saturated carbocycles. The zero-order valence-corrected chi connectivity index (χ0v) is 16.0. The molecule has 1 aliphatic rings. The first kappa shape index (κ1) is 19.1. The summed E-state index contributed by atoms with van der Waals surface area (Å²) in [6.07, 6.45) is 0. The highest BCUT2D eigenvalue weighted by Crippen LogP contribution is 2.19. The van der Waals surface area contributed by atoms with Crippen LogP contribution in [0.5, 0.6) is 0 Å². The minimum atomic E-state index is -0.623. The number of hydrogen-bond acceptors (Lipinski definition) is 5. The minimum Gasteiger partial charge on any atom is -0.378 e. The average Bonchev–Trinajstić information content (AvgIpc) is 2.75. The van der Waals surface area contributed by atoms with Crippen LogP contribution >= 0.6 is 0 Å². The zero-order chi connectivity index (χ0) is 20.4. The second-order valence-electron chi connectivity index (χ2n) is 6.76. The molecule has 0 aliphatic carbocycles. The molecule has 0 radical (unpaired) electrons. The van der Waals surface area contributed by atoms with Gasteiger partial charge in [0.2, 0.25) is 5.43 Å². The second kappa shape index (κ2) is 8.00. The van der Waals surface area contributed by atoms with Crippen LogP contribution in [-0.2, 0) is 11.3 Å². The number of benzene rings is 2. The molecule has 7 nitrogen and oxygen atoms in total. The van der Waals surface area contributed by atoms with Crippen molar-refractivity contribution in [3.05, 3.63) is 64.2 Å². The molecule has 0 unspecified atom stereocenters. The summed E-state index contributed by atoms with van der Waals surface area (Å²) in [7, 11) is 0. The summed E-state index contributed by atoms with van der Waals surface area (Å²) in [4.78, 5) is 27.6. The fraction of sp³-hybridized carbons (Fsp3) is 0.286. The van der Waals surface area contributed by atoms with E-state index in [0.29, 0.717) is 31.0 Å². The van der Waals surface area contributed by atoms with Crippen LogP contribution < -0.4 is 15.6 Å². The van der Waals surface area contributed by atoms with Crippen molar-refractivity contribution in [3.63, 3.8) is 0 Å². The maximum absolute atomic E-state index is 13.6. The number of anilines is 2. The molecule has 8 heteroatoms. The third kappa shape index (κ3) is 3.84. The highest BCUT2D eigenvalue weighted by atomic mass is 19.1. The van der Waals surface area contributed by atoms with Crippen molar-refractivity contribution in [2.45, 2.75) is 13.5 Å². The summed E-state index contributed by atoms with van der Waals surface area (Å²) in [5.74, 6) is -1.16. The van der Waals surface area contributed by atoms with Crippen molar-refractivity contribution in [2.75, 3.05) is 36.5 Å². The predicted octanol–water partition coefficient (Wildman–Crippen LogP) is 2.64. The Morgan fingerprint density at radius 1 is 1.17 bits per heavy atom. The molecule has 0 atom stereocenters. The van der Waals surface area contributed by atoms with E-state index in [2.05, 4.69) is 15.3 Å². The molecule has 1 aromatic heterocycles. The van der Waals surface area contributed by atoms with Gasteiger partial charge in [0.25, 0.3) is 5.91 Å². The third-order valence-electron chi connectivity index (χ3n) is 4.93. The summed E-state index contributed by atoms with van der Waals surface area (Å²) >= 11 is 0. The number of nitrogens with one attached hydrogen (secondary N) is 1. The maximum Gasteiger partial charge on any atom is 0.280 e. The smallest absolute Gasteiger partial charge is 0.280 e. The lowest BCUT2D eigenvalue weighted by atomic mass is 10.2. The van der Waals surface area contributed by atoms with E-state index in [1.54, 1.807) is 12.1 Å². The van der Waals surface area contributed by atoms with Gasteiger partial charge in [-0.15, -0.1) is 0 Å². The fourth-order valence-electron chi connectivity index (χ4n) is 3.42. The van der Waals surface area contributed by atoms with E-state index in [9.17, 15) is 14.0 Å². The molecule has 1 N–H and O–H groups in total. The lowest BCUT2D eigenvalue weighted by molar-refractivity contribution is 0.101. The van der Waals surface area contributed by atoms with Gasteiger partial charge in [-0.2, -0.15) is 5.10 Å². The molecule has 1 amide bonds. The van der Waals surface area contributed by atoms with E-state index in [4.69, 9.17) is 4.74 Å². The quantitative estimate of drug-likeness (QED) is 0.734. The van der Waals surface area contributed by atoms with E-state index >= 15 is 0 Å². The number of aromatic nitrogens is 2. The van der Waals surface area contributed by atoms with E-state index in [0.717, 1.165) is 24.8 Å². The summed E-state index contributed by atoms with van der Waals surface area (Å²) in [5, 5.41) is 7.03. The van der Waals surface area contributed by atoms with Crippen molar-refractivity contribution in [3.8, 4) is 0 Å². The molecule has 29 heavy (non-hydrogen) atoms. The number of ether oxygens (including phenoxy) is 1. The number of hydrogen-bond donors (Lipinski definition) is 1. The molecule has 1 fully saturated rings. The fourth-order valence-corrected chi connectivity index (χ4v) is 3.42. The van der Waals surface area contributed by atoms with Crippen LogP contribution in [0.25, 0.3) is 10.9 Å². The Morgan fingerprint density at radius 3 is 2.59 bits per heavy atom. The Morgan fingerprint density at radius 2 is 1.90 bits per heavy atom. The van der Waals surface area contributed by atoms with E-state index in [1.165, 1.54) is 16.8 Å². The van der Waals surface area contributed by atoms with Crippen LogP contribution in [0.3, 0.4) is 0 Å². The SMILES string of the molecule is CCn1nc(C(=O)Nc2ccc(N3CCOCC3)cc2)c(=O)c2cc(F)ccc21. The van der Waals surface area contributed by atoms with Crippen molar-refractivity contribution in [2.24, 2.45) is 0 Å². The maximum atomic E-state index is 13.6. The average molecular weight is 396 g/mol. The topological polar surface area (TPSA) is 76.5 Å². The summed E-state index contributed by atoms with van der Waals surface area (Å²) < 4.78 is 20.5.